The Morgan fingerprint density at radius 1 is 1.55 bits per heavy atom. The van der Waals surface area contributed by atoms with Gasteiger partial charge in [-0.15, -0.1) is 0 Å². The van der Waals surface area contributed by atoms with Gasteiger partial charge in [0.15, 0.2) is 0 Å². The summed E-state index contributed by atoms with van der Waals surface area (Å²) in [5.41, 5.74) is 0. The Labute approximate surface area is 66.4 Å². The summed E-state index contributed by atoms with van der Waals surface area (Å²) < 4.78 is 4.55. The van der Waals surface area contributed by atoms with Crippen LogP contribution >= 0.6 is 0 Å². The Morgan fingerprint density at radius 2 is 2.18 bits per heavy atom. The van der Waals surface area contributed by atoms with E-state index in [0.717, 1.165) is 12.8 Å². The van der Waals surface area contributed by atoms with Gasteiger partial charge in [-0.2, -0.15) is 0 Å². The van der Waals surface area contributed by atoms with E-state index >= 15 is 0 Å². The molecule has 0 unspecified atom stereocenters. The van der Waals surface area contributed by atoms with E-state index in [2.05, 4.69) is 4.74 Å². The maximum Gasteiger partial charge on any atom is 0.311 e. The van der Waals surface area contributed by atoms with Crippen molar-refractivity contribution < 1.29 is 14.6 Å². The second-order valence-electron chi connectivity index (χ2n) is 3.17. The van der Waals surface area contributed by atoms with Crippen molar-refractivity contribution in [2.24, 2.45) is 11.8 Å². The van der Waals surface area contributed by atoms with Crippen LogP contribution < -0.4 is 0 Å². The van der Waals surface area contributed by atoms with Crippen LogP contribution in [-0.4, -0.2) is 24.3 Å². The van der Waals surface area contributed by atoms with Crippen molar-refractivity contribution >= 4 is 5.97 Å². The van der Waals surface area contributed by atoms with Crippen molar-refractivity contribution in [3.05, 3.63) is 0 Å². The number of methoxy groups -OCH3 is 1. The topological polar surface area (TPSA) is 46.5 Å². The molecule has 3 heteroatoms. The summed E-state index contributed by atoms with van der Waals surface area (Å²) in [6.45, 7) is 1.95. The maximum absolute atomic E-state index is 11.0. The first-order valence-corrected chi connectivity index (χ1v) is 3.92. The van der Waals surface area contributed by atoms with Gasteiger partial charge >= 0.3 is 5.97 Å². The molecule has 3 atom stereocenters. The van der Waals surface area contributed by atoms with E-state index in [4.69, 9.17) is 0 Å². The summed E-state index contributed by atoms with van der Waals surface area (Å²) >= 11 is 0. The number of ether oxygens (including phenoxy) is 1. The van der Waals surface area contributed by atoms with Crippen molar-refractivity contribution in [2.45, 2.75) is 25.9 Å². The van der Waals surface area contributed by atoms with Crippen LogP contribution in [-0.2, 0) is 9.53 Å². The zero-order valence-corrected chi connectivity index (χ0v) is 6.91. The minimum absolute atomic E-state index is 0.235. The molecular formula is C8H14O3. The van der Waals surface area contributed by atoms with Crippen LogP contribution in [0.15, 0.2) is 0 Å². The number of aliphatic hydroxyl groups excluding tert-OH is 1. The predicted molar refractivity (Wildman–Crippen MR) is 39.9 cm³/mol. The smallest absolute Gasteiger partial charge is 0.311 e. The first-order chi connectivity index (χ1) is 5.16. The summed E-state index contributed by atoms with van der Waals surface area (Å²) in [7, 11) is 1.36. The molecule has 0 saturated heterocycles. The molecule has 1 N–H and O–H groups in total. The van der Waals surface area contributed by atoms with Crippen LogP contribution in [0, 0.1) is 11.8 Å². The molecule has 1 aliphatic rings. The van der Waals surface area contributed by atoms with E-state index < -0.39 is 6.10 Å². The SMILES string of the molecule is COC(=O)[C@@H]1CC[C@@H](C)[C@@H]1O. The highest BCUT2D eigenvalue weighted by molar-refractivity contribution is 5.73. The van der Waals surface area contributed by atoms with E-state index in [1.54, 1.807) is 0 Å². The van der Waals surface area contributed by atoms with Gasteiger partial charge in [0.05, 0.1) is 19.1 Å². The number of carbonyl (C=O) groups excluding carboxylic acids is 1. The molecular weight excluding hydrogens is 144 g/mol. The largest absolute Gasteiger partial charge is 0.469 e. The normalized spacial score (nSPS) is 37.2. The van der Waals surface area contributed by atoms with Crippen LogP contribution in [0.3, 0.4) is 0 Å². The second-order valence-corrected chi connectivity index (χ2v) is 3.17. The molecule has 0 bridgehead atoms. The third kappa shape index (κ3) is 1.53. The fourth-order valence-electron chi connectivity index (χ4n) is 1.59. The van der Waals surface area contributed by atoms with Crippen molar-refractivity contribution in [1.82, 2.24) is 0 Å². The van der Waals surface area contributed by atoms with E-state index in [1.807, 2.05) is 6.92 Å². The van der Waals surface area contributed by atoms with Crippen LogP contribution in [0.2, 0.25) is 0 Å². The zero-order chi connectivity index (χ0) is 8.43. The highest BCUT2D eigenvalue weighted by atomic mass is 16.5. The van der Waals surface area contributed by atoms with Crippen molar-refractivity contribution in [2.75, 3.05) is 7.11 Å². The monoisotopic (exact) mass is 158 g/mol. The molecule has 0 aromatic carbocycles. The first kappa shape index (κ1) is 8.53. The molecule has 1 fully saturated rings. The fraction of sp³-hybridized carbons (Fsp3) is 0.875. The van der Waals surface area contributed by atoms with E-state index in [-0.39, 0.29) is 17.8 Å². The predicted octanol–water partition coefficient (Wildman–Crippen LogP) is 0.566. The summed E-state index contributed by atoms with van der Waals surface area (Å²) in [6, 6.07) is 0. The van der Waals surface area contributed by atoms with E-state index in [0.29, 0.717) is 0 Å². The van der Waals surface area contributed by atoms with Gasteiger partial charge in [0, 0.05) is 0 Å². The molecule has 0 aliphatic heterocycles. The molecule has 1 aliphatic carbocycles. The highest BCUT2D eigenvalue weighted by Crippen LogP contribution is 2.31. The quantitative estimate of drug-likeness (QED) is 0.567. The molecule has 0 amide bonds. The summed E-state index contributed by atoms with van der Waals surface area (Å²) in [4.78, 5) is 11.0. The van der Waals surface area contributed by atoms with Gasteiger partial charge in [-0.05, 0) is 18.8 Å². The molecule has 0 spiro atoms. The second kappa shape index (κ2) is 3.22. The standard InChI is InChI=1S/C8H14O3/c1-5-3-4-6(7(5)9)8(10)11-2/h5-7,9H,3-4H2,1-2H3/t5-,6-,7+/m1/s1. The van der Waals surface area contributed by atoms with Crippen LogP contribution in [0.5, 0.6) is 0 Å². The lowest BCUT2D eigenvalue weighted by atomic mass is 10.0. The maximum atomic E-state index is 11.0. The fourth-order valence-corrected chi connectivity index (χ4v) is 1.59. The average Bonchev–Trinajstić information content (AvgIpc) is 2.32. The Kier molecular flexibility index (Phi) is 2.49. The molecule has 1 rings (SSSR count). The summed E-state index contributed by atoms with van der Waals surface area (Å²) in [5, 5.41) is 9.46. The number of hydrogen-bond donors (Lipinski definition) is 1. The number of rotatable bonds is 1. The molecule has 0 radical (unpaired) electrons. The third-order valence-corrected chi connectivity index (χ3v) is 2.43. The summed E-state index contributed by atoms with van der Waals surface area (Å²) in [6.07, 6.45) is 1.18. The lowest BCUT2D eigenvalue weighted by Crippen LogP contribution is -2.27. The van der Waals surface area contributed by atoms with E-state index in [1.165, 1.54) is 7.11 Å². The van der Waals surface area contributed by atoms with E-state index in [9.17, 15) is 9.90 Å². The highest BCUT2D eigenvalue weighted by Gasteiger charge is 2.37. The molecule has 0 aromatic heterocycles. The third-order valence-electron chi connectivity index (χ3n) is 2.43. The molecule has 0 aromatic rings. The van der Waals surface area contributed by atoms with Crippen LogP contribution in [0.25, 0.3) is 0 Å². The Balaban J connectivity index is 2.54. The van der Waals surface area contributed by atoms with Gasteiger partial charge in [-0.3, -0.25) is 4.79 Å². The minimum atomic E-state index is -0.498. The van der Waals surface area contributed by atoms with Crippen molar-refractivity contribution in [1.29, 1.82) is 0 Å². The van der Waals surface area contributed by atoms with Crippen LogP contribution in [0.1, 0.15) is 19.8 Å². The van der Waals surface area contributed by atoms with Gasteiger partial charge in [-0.1, -0.05) is 6.92 Å². The number of esters is 1. The van der Waals surface area contributed by atoms with Crippen LogP contribution in [0.4, 0.5) is 0 Å². The molecule has 64 valence electrons. The molecule has 11 heavy (non-hydrogen) atoms. The first-order valence-electron chi connectivity index (χ1n) is 3.92. The Hall–Kier alpha value is -0.570. The lowest BCUT2D eigenvalue weighted by Gasteiger charge is -2.13. The lowest BCUT2D eigenvalue weighted by molar-refractivity contribution is -0.148. The molecule has 3 nitrogen and oxygen atoms in total. The Morgan fingerprint density at radius 3 is 2.55 bits per heavy atom. The van der Waals surface area contributed by atoms with Gasteiger partial charge in [-0.25, -0.2) is 0 Å². The molecule has 0 heterocycles. The van der Waals surface area contributed by atoms with Crippen molar-refractivity contribution in [3.63, 3.8) is 0 Å². The number of carbonyl (C=O) groups is 1. The average molecular weight is 158 g/mol. The van der Waals surface area contributed by atoms with Crippen molar-refractivity contribution in [3.8, 4) is 0 Å². The number of aliphatic hydroxyl groups is 1. The van der Waals surface area contributed by atoms with Gasteiger partial charge in [0.1, 0.15) is 0 Å². The van der Waals surface area contributed by atoms with Gasteiger partial charge in [0.25, 0.3) is 0 Å². The minimum Gasteiger partial charge on any atom is -0.469 e. The zero-order valence-electron chi connectivity index (χ0n) is 6.91. The van der Waals surface area contributed by atoms with Gasteiger partial charge < -0.3 is 9.84 Å². The molecule has 1 saturated carbocycles. The van der Waals surface area contributed by atoms with Gasteiger partial charge in [0.2, 0.25) is 0 Å². The summed E-state index contributed by atoms with van der Waals surface area (Å²) in [5.74, 6) is -0.323. The number of hydrogen-bond acceptors (Lipinski definition) is 3. The Bertz CT molecular complexity index is 155.